The van der Waals surface area contributed by atoms with Crippen molar-refractivity contribution in [3.63, 3.8) is 0 Å². The standard InChI is InChI=1S/C22H29N3O2S/c1-4-25(20-11-6-5-9-18(20)3)13-12-23-21(26)15-28-16-22(27)24-19-10-7-8-17(2)14-19/h5-11,14H,4,12-13,15-16H2,1-3H3,(H,23,26)(H,24,27). The van der Waals surface area contributed by atoms with Gasteiger partial charge in [-0.2, -0.15) is 0 Å². The molecule has 2 aromatic carbocycles. The zero-order valence-electron chi connectivity index (χ0n) is 16.8. The Labute approximate surface area is 171 Å². The molecule has 0 saturated carbocycles. The summed E-state index contributed by atoms with van der Waals surface area (Å²) >= 11 is 1.32. The summed E-state index contributed by atoms with van der Waals surface area (Å²) in [5, 5.41) is 5.78. The first-order valence-corrected chi connectivity index (χ1v) is 10.7. The fraction of sp³-hybridized carbons (Fsp3) is 0.364. The van der Waals surface area contributed by atoms with Crippen molar-refractivity contribution in [3.05, 3.63) is 59.7 Å². The summed E-state index contributed by atoms with van der Waals surface area (Å²) in [6.45, 7) is 8.40. The lowest BCUT2D eigenvalue weighted by Crippen LogP contribution is -2.36. The van der Waals surface area contributed by atoms with Gasteiger partial charge in [0.05, 0.1) is 11.5 Å². The molecule has 0 radical (unpaired) electrons. The number of para-hydroxylation sites is 1. The van der Waals surface area contributed by atoms with Crippen molar-refractivity contribution in [1.29, 1.82) is 0 Å². The predicted octanol–water partition coefficient (Wildman–Crippen LogP) is 3.62. The Balaban J connectivity index is 1.65. The van der Waals surface area contributed by atoms with Gasteiger partial charge in [0.15, 0.2) is 0 Å². The zero-order chi connectivity index (χ0) is 20.4. The van der Waals surface area contributed by atoms with Crippen LogP contribution in [-0.2, 0) is 9.59 Å². The van der Waals surface area contributed by atoms with Crippen LogP contribution in [0.15, 0.2) is 48.5 Å². The highest BCUT2D eigenvalue weighted by molar-refractivity contribution is 8.00. The van der Waals surface area contributed by atoms with Crippen molar-refractivity contribution in [2.45, 2.75) is 20.8 Å². The first-order chi connectivity index (χ1) is 13.5. The Kier molecular flexibility index (Phi) is 8.88. The van der Waals surface area contributed by atoms with Crippen LogP contribution in [0.25, 0.3) is 0 Å². The van der Waals surface area contributed by atoms with Crippen molar-refractivity contribution in [1.82, 2.24) is 5.32 Å². The second-order valence-corrected chi connectivity index (χ2v) is 7.61. The monoisotopic (exact) mass is 399 g/mol. The molecule has 2 amide bonds. The lowest BCUT2D eigenvalue weighted by molar-refractivity contribution is -0.118. The normalized spacial score (nSPS) is 10.4. The van der Waals surface area contributed by atoms with Crippen LogP contribution in [0.2, 0.25) is 0 Å². The minimum Gasteiger partial charge on any atom is -0.370 e. The fourth-order valence-electron chi connectivity index (χ4n) is 2.90. The van der Waals surface area contributed by atoms with Gasteiger partial charge in [-0.3, -0.25) is 9.59 Å². The molecule has 0 aliphatic rings. The van der Waals surface area contributed by atoms with Crippen LogP contribution < -0.4 is 15.5 Å². The number of thioether (sulfide) groups is 1. The van der Waals surface area contributed by atoms with Crippen molar-refractivity contribution < 1.29 is 9.59 Å². The molecule has 28 heavy (non-hydrogen) atoms. The predicted molar refractivity (Wildman–Crippen MR) is 119 cm³/mol. The maximum atomic E-state index is 12.0. The van der Waals surface area contributed by atoms with E-state index in [4.69, 9.17) is 0 Å². The lowest BCUT2D eigenvalue weighted by Gasteiger charge is -2.25. The van der Waals surface area contributed by atoms with Gasteiger partial charge in [-0.25, -0.2) is 0 Å². The van der Waals surface area contributed by atoms with Gasteiger partial charge >= 0.3 is 0 Å². The van der Waals surface area contributed by atoms with E-state index in [1.807, 2.05) is 43.3 Å². The minimum absolute atomic E-state index is 0.0470. The molecule has 0 unspecified atom stereocenters. The highest BCUT2D eigenvalue weighted by Crippen LogP contribution is 2.18. The number of amides is 2. The molecule has 0 aliphatic heterocycles. The fourth-order valence-corrected chi connectivity index (χ4v) is 3.55. The van der Waals surface area contributed by atoms with E-state index in [0.717, 1.165) is 24.3 Å². The number of nitrogens with zero attached hydrogens (tertiary/aromatic N) is 1. The summed E-state index contributed by atoms with van der Waals surface area (Å²) in [6, 6.07) is 15.9. The maximum absolute atomic E-state index is 12.0. The summed E-state index contributed by atoms with van der Waals surface area (Å²) in [4.78, 5) is 26.2. The van der Waals surface area contributed by atoms with Crippen LogP contribution in [0.3, 0.4) is 0 Å². The highest BCUT2D eigenvalue weighted by atomic mass is 32.2. The molecular weight excluding hydrogens is 370 g/mol. The van der Waals surface area contributed by atoms with Gasteiger partial charge in [0.1, 0.15) is 0 Å². The Morgan fingerprint density at radius 3 is 2.46 bits per heavy atom. The number of carbonyl (C=O) groups is 2. The van der Waals surface area contributed by atoms with Gasteiger partial charge in [0, 0.05) is 31.0 Å². The third-order valence-electron chi connectivity index (χ3n) is 4.31. The van der Waals surface area contributed by atoms with E-state index in [1.165, 1.54) is 23.0 Å². The third-order valence-corrected chi connectivity index (χ3v) is 5.24. The van der Waals surface area contributed by atoms with E-state index in [2.05, 4.69) is 41.5 Å². The van der Waals surface area contributed by atoms with Crippen LogP contribution in [0.5, 0.6) is 0 Å². The van der Waals surface area contributed by atoms with Crippen LogP contribution in [0.4, 0.5) is 11.4 Å². The summed E-state index contributed by atoms with van der Waals surface area (Å²) in [6.07, 6.45) is 0. The quantitative estimate of drug-likeness (QED) is 0.641. The molecule has 5 nitrogen and oxygen atoms in total. The van der Waals surface area contributed by atoms with E-state index in [-0.39, 0.29) is 23.3 Å². The number of anilines is 2. The van der Waals surface area contributed by atoms with Crippen LogP contribution in [0, 0.1) is 13.8 Å². The molecule has 2 N–H and O–H groups in total. The molecule has 0 bridgehead atoms. The molecule has 0 spiro atoms. The largest absolute Gasteiger partial charge is 0.370 e. The number of likely N-dealkylation sites (N-methyl/N-ethyl adjacent to an activating group) is 1. The number of hydrogen-bond acceptors (Lipinski definition) is 4. The molecule has 2 aromatic rings. The van der Waals surface area contributed by atoms with Crippen molar-refractivity contribution in [3.8, 4) is 0 Å². The molecule has 150 valence electrons. The zero-order valence-corrected chi connectivity index (χ0v) is 17.6. The van der Waals surface area contributed by atoms with Crippen LogP contribution in [-0.4, -0.2) is 43.0 Å². The Morgan fingerprint density at radius 1 is 1.00 bits per heavy atom. The Bertz CT molecular complexity index is 795. The number of rotatable bonds is 10. The highest BCUT2D eigenvalue weighted by Gasteiger charge is 2.09. The molecule has 0 aromatic heterocycles. The number of benzene rings is 2. The smallest absolute Gasteiger partial charge is 0.234 e. The lowest BCUT2D eigenvalue weighted by atomic mass is 10.2. The number of aryl methyl sites for hydroxylation is 2. The van der Waals surface area contributed by atoms with E-state index in [1.54, 1.807) is 0 Å². The topological polar surface area (TPSA) is 61.4 Å². The SMILES string of the molecule is CCN(CCNC(=O)CSCC(=O)Nc1cccc(C)c1)c1ccccc1C. The van der Waals surface area contributed by atoms with Gasteiger partial charge in [0.2, 0.25) is 11.8 Å². The van der Waals surface area contributed by atoms with E-state index < -0.39 is 0 Å². The minimum atomic E-state index is -0.0971. The molecule has 2 rings (SSSR count). The average molecular weight is 400 g/mol. The van der Waals surface area contributed by atoms with Gasteiger partial charge in [-0.15, -0.1) is 11.8 Å². The molecular formula is C22H29N3O2S. The number of nitrogens with one attached hydrogen (secondary N) is 2. The van der Waals surface area contributed by atoms with Gasteiger partial charge in [0.25, 0.3) is 0 Å². The maximum Gasteiger partial charge on any atom is 0.234 e. The van der Waals surface area contributed by atoms with Crippen molar-refractivity contribution in [2.75, 3.05) is 41.4 Å². The second-order valence-electron chi connectivity index (χ2n) is 6.63. The van der Waals surface area contributed by atoms with Crippen LogP contribution in [0.1, 0.15) is 18.1 Å². The van der Waals surface area contributed by atoms with Crippen molar-refractivity contribution >= 4 is 35.0 Å². The van der Waals surface area contributed by atoms with Crippen LogP contribution >= 0.6 is 11.8 Å². The summed E-state index contributed by atoms with van der Waals surface area (Å²) in [7, 11) is 0. The Morgan fingerprint density at radius 2 is 1.75 bits per heavy atom. The molecule has 0 saturated heterocycles. The molecule has 0 atom stereocenters. The third kappa shape index (κ3) is 7.27. The van der Waals surface area contributed by atoms with Crippen molar-refractivity contribution in [2.24, 2.45) is 0 Å². The Hall–Kier alpha value is -2.47. The summed E-state index contributed by atoms with van der Waals surface area (Å²) < 4.78 is 0. The van der Waals surface area contributed by atoms with Gasteiger partial charge < -0.3 is 15.5 Å². The van der Waals surface area contributed by atoms with E-state index >= 15 is 0 Å². The first kappa shape index (κ1) is 21.8. The molecule has 0 heterocycles. The number of carbonyl (C=O) groups excluding carboxylic acids is 2. The molecule has 0 aliphatic carbocycles. The first-order valence-electron chi connectivity index (χ1n) is 9.51. The van der Waals surface area contributed by atoms with E-state index in [9.17, 15) is 9.59 Å². The van der Waals surface area contributed by atoms with Gasteiger partial charge in [-0.1, -0.05) is 30.3 Å². The molecule has 6 heteroatoms. The average Bonchev–Trinajstić information content (AvgIpc) is 2.66. The summed E-state index contributed by atoms with van der Waals surface area (Å²) in [5.74, 6) is 0.387. The van der Waals surface area contributed by atoms with Gasteiger partial charge in [-0.05, 0) is 50.1 Å². The van der Waals surface area contributed by atoms with E-state index in [0.29, 0.717) is 6.54 Å². The molecule has 0 fully saturated rings. The second kappa shape index (κ2) is 11.4. The number of hydrogen-bond donors (Lipinski definition) is 2. The summed E-state index contributed by atoms with van der Waals surface area (Å²) in [5.41, 5.74) is 4.30.